The molecule has 2 heterocycles. The summed E-state index contributed by atoms with van der Waals surface area (Å²) in [6.45, 7) is 5.57. The number of Topliss-reactive ketones (excluding diaryl/α,β-unsaturated/α-hetero) is 3. The normalized spacial score (nSPS) is 21.7. The average Bonchev–Trinajstić information content (AvgIpc) is 3.41. The Morgan fingerprint density at radius 1 is 0.881 bits per heavy atom. The van der Waals surface area contributed by atoms with E-state index in [9.17, 15) is 14.4 Å². The minimum absolute atomic E-state index is 0.101. The van der Waals surface area contributed by atoms with Crippen molar-refractivity contribution in [2.24, 2.45) is 10.8 Å². The maximum absolute atomic E-state index is 14.8. The van der Waals surface area contributed by atoms with Gasteiger partial charge in [0.2, 0.25) is 5.75 Å². The molecule has 1 fully saturated rings. The van der Waals surface area contributed by atoms with Gasteiger partial charge in [-0.2, -0.15) is 0 Å². The highest BCUT2D eigenvalue weighted by Crippen LogP contribution is 2.62. The smallest absolute Gasteiger partial charge is 0.203 e. The molecule has 8 heteroatoms. The van der Waals surface area contributed by atoms with Crippen molar-refractivity contribution in [2.45, 2.75) is 38.8 Å². The number of hydrogen-bond acceptors (Lipinski definition) is 7. The van der Waals surface area contributed by atoms with E-state index in [0.29, 0.717) is 39.0 Å². The molecule has 6 rings (SSSR count). The number of ketones is 3. The molecule has 1 saturated heterocycles. The molecule has 7 nitrogen and oxygen atoms in total. The van der Waals surface area contributed by atoms with E-state index in [1.54, 1.807) is 42.5 Å². The Labute approximate surface area is 250 Å². The summed E-state index contributed by atoms with van der Waals surface area (Å²) in [4.78, 5) is 46.2. The lowest BCUT2D eigenvalue weighted by molar-refractivity contribution is -0.127. The van der Waals surface area contributed by atoms with Gasteiger partial charge in [0.05, 0.1) is 33.4 Å². The van der Waals surface area contributed by atoms with E-state index in [0.717, 1.165) is 11.3 Å². The summed E-state index contributed by atoms with van der Waals surface area (Å²) in [6, 6.07) is 14.3. The van der Waals surface area contributed by atoms with Gasteiger partial charge in [0.25, 0.3) is 0 Å². The van der Waals surface area contributed by atoms with Gasteiger partial charge in [0.15, 0.2) is 28.8 Å². The Morgan fingerprint density at radius 3 is 2.00 bits per heavy atom. The van der Waals surface area contributed by atoms with E-state index < -0.39 is 28.8 Å². The highest BCUT2D eigenvalue weighted by atomic mass is 35.5. The van der Waals surface area contributed by atoms with Crippen LogP contribution in [0.25, 0.3) is 6.08 Å². The lowest BCUT2D eigenvalue weighted by Gasteiger charge is -2.38. The van der Waals surface area contributed by atoms with E-state index in [4.69, 9.17) is 25.8 Å². The number of hydrogen-bond donors (Lipinski definition) is 0. The van der Waals surface area contributed by atoms with Crippen molar-refractivity contribution in [3.63, 3.8) is 0 Å². The summed E-state index contributed by atoms with van der Waals surface area (Å²) in [5, 5.41) is 0.547. The number of anilines is 1. The fraction of sp³-hybridized carbons (Fsp3) is 0.324. The highest BCUT2D eigenvalue weighted by Gasteiger charge is 2.72. The number of nitrogens with zero attached hydrogens (tertiary/aromatic N) is 1. The standard InChI is InChI=1S/C34H32ClNO6/c1-33(2,3)32(39)28-27(19-16-24(40-4)29(42-6)25(17-19)41-5)34(30(37)21-9-7-8-10-22(21)31(34)38)26-14-11-18-15-20(35)12-13-23(18)36(26)28/h7-17,26-28H,1-6H3/t26-,27+,28+/m0/s1. The van der Waals surface area contributed by atoms with Gasteiger partial charge >= 0.3 is 0 Å². The molecule has 0 saturated carbocycles. The van der Waals surface area contributed by atoms with Gasteiger partial charge in [0.1, 0.15) is 5.41 Å². The molecule has 0 unspecified atom stereocenters. The molecule has 2 aliphatic heterocycles. The van der Waals surface area contributed by atoms with Gasteiger partial charge in [0, 0.05) is 33.2 Å². The Balaban J connectivity index is 1.73. The van der Waals surface area contributed by atoms with Crippen LogP contribution in [0.5, 0.6) is 17.2 Å². The van der Waals surface area contributed by atoms with Crippen molar-refractivity contribution >= 4 is 40.7 Å². The summed E-state index contributed by atoms with van der Waals surface area (Å²) in [5.41, 5.74) is 0.401. The van der Waals surface area contributed by atoms with Crippen LogP contribution in [0, 0.1) is 10.8 Å². The second-order valence-corrected chi connectivity index (χ2v) is 12.4. The highest BCUT2D eigenvalue weighted by molar-refractivity contribution is 6.32. The first-order chi connectivity index (χ1) is 20.0. The van der Waals surface area contributed by atoms with Gasteiger partial charge in [-0.15, -0.1) is 0 Å². The van der Waals surface area contributed by atoms with Crippen LogP contribution in [0.15, 0.2) is 60.7 Å². The number of halogens is 1. The quantitative estimate of drug-likeness (QED) is 0.320. The Morgan fingerprint density at radius 2 is 1.48 bits per heavy atom. The third kappa shape index (κ3) is 3.69. The zero-order chi connectivity index (χ0) is 30.1. The molecule has 0 amide bonds. The summed E-state index contributed by atoms with van der Waals surface area (Å²) in [5.74, 6) is -0.484. The summed E-state index contributed by atoms with van der Waals surface area (Å²) in [7, 11) is 4.53. The molecule has 0 radical (unpaired) electrons. The number of rotatable bonds is 5. The predicted molar refractivity (Wildman–Crippen MR) is 161 cm³/mol. The molecule has 0 N–H and O–H groups in total. The minimum atomic E-state index is -1.63. The van der Waals surface area contributed by atoms with Crippen LogP contribution in [0.2, 0.25) is 5.02 Å². The Hall–Kier alpha value is -4.10. The molecule has 42 heavy (non-hydrogen) atoms. The Bertz CT molecular complexity index is 1630. The van der Waals surface area contributed by atoms with Gasteiger partial charge in [-0.3, -0.25) is 14.4 Å². The summed E-state index contributed by atoms with van der Waals surface area (Å²) < 4.78 is 17.0. The largest absolute Gasteiger partial charge is 0.493 e. The van der Waals surface area contributed by atoms with Crippen molar-refractivity contribution in [3.8, 4) is 17.2 Å². The number of methoxy groups -OCH3 is 3. The Kier molecular flexibility index (Phi) is 6.50. The van der Waals surface area contributed by atoms with Crippen molar-refractivity contribution in [1.29, 1.82) is 0 Å². The summed E-state index contributed by atoms with van der Waals surface area (Å²) in [6.07, 6.45) is 3.77. The molecule has 3 aromatic rings. The van der Waals surface area contributed by atoms with Gasteiger partial charge in [-0.1, -0.05) is 68.8 Å². The molecule has 0 bridgehead atoms. The third-order valence-corrected chi connectivity index (χ3v) is 9.05. The topological polar surface area (TPSA) is 82.1 Å². The maximum Gasteiger partial charge on any atom is 0.203 e. The number of ether oxygens (including phenoxy) is 3. The SMILES string of the molecule is COc1cc([C@@H]2[C@H](C(=O)C(C)(C)C)N3c4ccc(Cl)cc4C=C[C@H]3C23C(=O)c2ccccc2C3=O)cc(OC)c1OC. The van der Waals surface area contributed by atoms with Crippen LogP contribution >= 0.6 is 11.6 Å². The molecule has 1 spiro atoms. The fourth-order valence-electron chi connectivity index (χ4n) is 7.05. The van der Waals surface area contributed by atoms with Crippen LogP contribution in [-0.4, -0.2) is 50.8 Å². The first kappa shape index (κ1) is 28.0. The van der Waals surface area contributed by atoms with Crippen LogP contribution in [-0.2, 0) is 4.79 Å². The van der Waals surface area contributed by atoms with E-state index in [2.05, 4.69) is 0 Å². The van der Waals surface area contributed by atoms with Gasteiger partial charge in [-0.05, 0) is 41.5 Å². The molecule has 216 valence electrons. The van der Waals surface area contributed by atoms with Crippen molar-refractivity contribution in [3.05, 3.63) is 87.9 Å². The van der Waals surface area contributed by atoms with Crippen molar-refractivity contribution in [2.75, 3.05) is 26.2 Å². The van der Waals surface area contributed by atoms with E-state index >= 15 is 0 Å². The molecular formula is C34H32ClNO6. The van der Waals surface area contributed by atoms with Crippen molar-refractivity contribution in [1.82, 2.24) is 0 Å². The van der Waals surface area contributed by atoms with Crippen molar-refractivity contribution < 1.29 is 28.6 Å². The number of carbonyl (C=O) groups excluding carboxylic acids is 3. The fourth-order valence-corrected chi connectivity index (χ4v) is 7.23. The molecule has 1 aliphatic carbocycles. The monoisotopic (exact) mass is 585 g/mol. The van der Waals surface area contributed by atoms with Crippen LogP contribution in [0.4, 0.5) is 5.69 Å². The third-order valence-electron chi connectivity index (χ3n) is 8.82. The number of carbonyl (C=O) groups is 3. The molecule has 3 aliphatic rings. The predicted octanol–water partition coefficient (Wildman–Crippen LogP) is 6.41. The van der Waals surface area contributed by atoms with Gasteiger partial charge in [-0.25, -0.2) is 0 Å². The van der Waals surface area contributed by atoms with Crippen LogP contribution < -0.4 is 19.1 Å². The van der Waals surface area contributed by atoms with Crippen LogP contribution in [0.3, 0.4) is 0 Å². The molecule has 3 aromatic carbocycles. The molecule has 0 aromatic heterocycles. The second-order valence-electron chi connectivity index (χ2n) is 12.0. The maximum atomic E-state index is 14.8. The lowest BCUT2D eigenvalue weighted by atomic mass is 9.63. The lowest BCUT2D eigenvalue weighted by Crippen LogP contribution is -2.49. The van der Waals surface area contributed by atoms with E-state index in [-0.39, 0.29) is 17.3 Å². The van der Waals surface area contributed by atoms with E-state index in [1.165, 1.54) is 21.3 Å². The molecular weight excluding hydrogens is 554 g/mol. The first-order valence-corrected chi connectivity index (χ1v) is 14.2. The second kappa shape index (κ2) is 9.73. The zero-order valence-corrected chi connectivity index (χ0v) is 25.1. The zero-order valence-electron chi connectivity index (χ0n) is 24.4. The number of benzene rings is 3. The average molecular weight is 586 g/mol. The first-order valence-electron chi connectivity index (χ1n) is 13.8. The summed E-state index contributed by atoms with van der Waals surface area (Å²) >= 11 is 6.37. The van der Waals surface area contributed by atoms with E-state index in [1.807, 2.05) is 50.0 Å². The van der Waals surface area contributed by atoms with Gasteiger partial charge < -0.3 is 19.1 Å². The number of fused-ring (bicyclic) bond motifs is 5. The molecule has 3 atom stereocenters. The minimum Gasteiger partial charge on any atom is -0.493 e. The van der Waals surface area contributed by atoms with Crippen LogP contribution in [0.1, 0.15) is 58.5 Å².